The summed E-state index contributed by atoms with van der Waals surface area (Å²) in [4.78, 5) is 45.0. The third kappa shape index (κ3) is 16.2. The second-order valence-electron chi connectivity index (χ2n) is 8.63. The summed E-state index contributed by atoms with van der Waals surface area (Å²) in [6.45, 7) is -1.06. The van der Waals surface area contributed by atoms with Crippen molar-refractivity contribution in [2.45, 2.75) is 108 Å². The first-order chi connectivity index (χ1) is 16.6. The van der Waals surface area contributed by atoms with Gasteiger partial charge in [-0.3, -0.25) is 9.59 Å². The number of rotatable bonds is 22. The van der Waals surface area contributed by atoms with Gasteiger partial charge in [-0.2, -0.15) is 0 Å². The Morgan fingerprint density at radius 3 is 1.71 bits per heavy atom. The van der Waals surface area contributed by atoms with E-state index in [1.165, 1.54) is 0 Å². The Balaban J connectivity index is 3.73. The van der Waals surface area contributed by atoms with E-state index in [0.717, 1.165) is 38.5 Å². The van der Waals surface area contributed by atoms with Crippen molar-refractivity contribution in [1.82, 2.24) is 10.6 Å². The number of aldehydes is 1. The number of amides is 2. The van der Waals surface area contributed by atoms with Gasteiger partial charge in [-0.25, -0.2) is 4.79 Å². The van der Waals surface area contributed by atoms with Gasteiger partial charge in [0.25, 0.3) is 0 Å². The molecule has 0 saturated carbocycles. The Bertz CT molecular complexity index is 619. The SMILES string of the molecule is O=CCC[C@H](NC(=O)CCCCCCCCCCC(=O)NC[C@H](O)[C@@H](O)[C@H](O)[C@H](O)CO)C(=O)O. The Hall–Kier alpha value is -2.12. The summed E-state index contributed by atoms with van der Waals surface area (Å²) >= 11 is 0. The quantitative estimate of drug-likeness (QED) is 0.0661. The first-order valence-corrected chi connectivity index (χ1v) is 12.2. The molecule has 5 atom stereocenters. The molecule has 0 unspecified atom stereocenters. The molecule has 35 heavy (non-hydrogen) atoms. The molecule has 0 aliphatic carbocycles. The molecule has 204 valence electrons. The van der Waals surface area contributed by atoms with E-state index in [-0.39, 0.29) is 44.0 Å². The standard InChI is InChI=1S/C23H42N2O10/c26-13-9-10-16(23(34)35)25-20(31)12-8-6-4-2-1-3-5-7-11-19(30)24-14-17(28)21(32)22(33)18(29)15-27/h13,16-18,21-22,27-29,32-33H,1-12,14-15H2,(H,24,30)(H,25,31)(H,34,35)/t16-,17-,18+,21+,22+/m0/s1. The first-order valence-electron chi connectivity index (χ1n) is 12.2. The van der Waals surface area contributed by atoms with E-state index < -0.39 is 43.0 Å². The van der Waals surface area contributed by atoms with Crippen molar-refractivity contribution in [2.75, 3.05) is 13.2 Å². The summed E-state index contributed by atoms with van der Waals surface area (Å²) in [5.41, 5.74) is 0. The zero-order valence-electron chi connectivity index (χ0n) is 20.2. The van der Waals surface area contributed by atoms with E-state index in [4.69, 9.17) is 10.2 Å². The molecule has 0 spiro atoms. The Morgan fingerprint density at radius 1 is 0.743 bits per heavy atom. The van der Waals surface area contributed by atoms with Gasteiger partial charge in [-0.15, -0.1) is 0 Å². The first kappa shape index (κ1) is 32.9. The topological polar surface area (TPSA) is 214 Å². The van der Waals surface area contributed by atoms with Crippen molar-refractivity contribution in [3.05, 3.63) is 0 Å². The number of aliphatic hydroxyl groups is 5. The van der Waals surface area contributed by atoms with Crippen molar-refractivity contribution in [3.8, 4) is 0 Å². The van der Waals surface area contributed by atoms with Crippen LogP contribution < -0.4 is 10.6 Å². The third-order valence-electron chi connectivity index (χ3n) is 5.60. The number of hydrogen-bond acceptors (Lipinski definition) is 9. The molecule has 0 heterocycles. The smallest absolute Gasteiger partial charge is 0.326 e. The molecule has 0 aliphatic rings. The molecule has 0 aromatic heterocycles. The number of carboxylic acids is 1. The molecule has 12 nitrogen and oxygen atoms in total. The molecule has 8 N–H and O–H groups in total. The number of carbonyl (C=O) groups excluding carboxylic acids is 3. The minimum absolute atomic E-state index is 0.0812. The van der Waals surface area contributed by atoms with Gasteiger partial charge in [0.2, 0.25) is 11.8 Å². The Kier molecular flexibility index (Phi) is 18.9. The zero-order chi connectivity index (χ0) is 26.6. The lowest BCUT2D eigenvalue weighted by molar-refractivity contribution is -0.142. The summed E-state index contributed by atoms with van der Waals surface area (Å²) in [6, 6.07) is -1.04. The van der Waals surface area contributed by atoms with Crippen LogP contribution in [0.4, 0.5) is 0 Å². The third-order valence-corrected chi connectivity index (χ3v) is 5.60. The highest BCUT2D eigenvalue weighted by Gasteiger charge is 2.30. The van der Waals surface area contributed by atoms with Gasteiger partial charge < -0.3 is 46.1 Å². The van der Waals surface area contributed by atoms with Crippen LogP contribution in [0.15, 0.2) is 0 Å². The molecule has 0 bridgehead atoms. The largest absolute Gasteiger partial charge is 0.480 e. The van der Waals surface area contributed by atoms with E-state index in [9.17, 15) is 39.6 Å². The molecule has 2 amide bonds. The number of aliphatic carboxylic acids is 1. The van der Waals surface area contributed by atoms with Crippen LogP contribution in [0.25, 0.3) is 0 Å². The van der Waals surface area contributed by atoms with E-state index in [0.29, 0.717) is 19.1 Å². The fourth-order valence-corrected chi connectivity index (χ4v) is 3.38. The van der Waals surface area contributed by atoms with Crippen molar-refractivity contribution in [1.29, 1.82) is 0 Å². The highest BCUT2D eigenvalue weighted by Crippen LogP contribution is 2.11. The molecular weight excluding hydrogens is 464 g/mol. The maximum atomic E-state index is 11.8. The van der Waals surface area contributed by atoms with E-state index >= 15 is 0 Å². The van der Waals surface area contributed by atoms with Gasteiger partial charge >= 0.3 is 5.97 Å². The second-order valence-corrected chi connectivity index (χ2v) is 8.63. The lowest BCUT2D eigenvalue weighted by atomic mass is 10.0. The summed E-state index contributed by atoms with van der Waals surface area (Å²) < 4.78 is 0. The minimum Gasteiger partial charge on any atom is -0.480 e. The second kappa shape index (κ2) is 20.1. The van der Waals surface area contributed by atoms with Crippen LogP contribution in [0.2, 0.25) is 0 Å². The fraction of sp³-hybridized carbons (Fsp3) is 0.826. The van der Waals surface area contributed by atoms with Gasteiger partial charge in [0.1, 0.15) is 30.6 Å². The van der Waals surface area contributed by atoms with Crippen LogP contribution in [0.1, 0.15) is 77.0 Å². The molecular formula is C23H42N2O10. The summed E-state index contributed by atoms with van der Waals surface area (Å²) in [5.74, 6) is -1.78. The van der Waals surface area contributed by atoms with Gasteiger partial charge in [0, 0.05) is 25.8 Å². The van der Waals surface area contributed by atoms with Crippen molar-refractivity contribution < 1.29 is 49.8 Å². The molecule has 12 heteroatoms. The van der Waals surface area contributed by atoms with Crippen LogP contribution in [0.3, 0.4) is 0 Å². The average molecular weight is 507 g/mol. The molecule has 0 rings (SSSR count). The predicted octanol–water partition coefficient (Wildman–Crippen LogP) is -1.01. The number of nitrogens with one attached hydrogen (secondary N) is 2. The number of unbranched alkanes of at least 4 members (excludes halogenated alkanes) is 7. The maximum Gasteiger partial charge on any atom is 0.326 e. The highest BCUT2D eigenvalue weighted by molar-refractivity contribution is 5.83. The Morgan fingerprint density at radius 2 is 1.23 bits per heavy atom. The zero-order valence-corrected chi connectivity index (χ0v) is 20.2. The Labute approximate surface area is 205 Å². The van der Waals surface area contributed by atoms with Gasteiger partial charge in [0.15, 0.2) is 0 Å². The average Bonchev–Trinajstić information content (AvgIpc) is 2.84. The van der Waals surface area contributed by atoms with Crippen molar-refractivity contribution >= 4 is 24.1 Å². The maximum absolute atomic E-state index is 11.8. The molecule has 0 aromatic rings. The van der Waals surface area contributed by atoms with Gasteiger partial charge in [0.05, 0.1) is 12.7 Å². The summed E-state index contributed by atoms with van der Waals surface area (Å²) in [7, 11) is 0. The molecule has 0 saturated heterocycles. The lowest BCUT2D eigenvalue weighted by Crippen LogP contribution is -2.49. The van der Waals surface area contributed by atoms with Gasteiger partial charge in [-0.1, -0.05) is 38.5 Å². The van der Waals surface area contributed by atoms with Crippen LogP contribution in [-0.2, 0) is 19.2 Å². The number of carboxylic acid groups (broad SMARTS) is 1. The van der Waals surface area contributed by atoms with Crippen LogP contribution in [0.5, 0.6) is 0 Å². The lowest BCUT2D eigenvalue weighted by Gasteiger charge is -2.25. The van der Waals surface area contributed by atoms with E-state index in [1.807, 2.05) is 0 Å². The van der Waals surface area contributed by atoms with Crippen LogP contribution in [-0.4, -0.2) is 98.3 Å². The van der Waals surface area contributed by atoms with Gasteiger partial charge in [-0.05, 0) is 19.3 Å². The number of carbonyl (C=O) groups is 4. The molecule has 0 radical (unpaired) electrons. The van der Waals surface area contributed by atoms with E-state index in [1.54, 1.807) is 0 Å². The van der Waals surface area contributed by atoms with Crippen LogP contribution in [0, 0.1) is 0 Å². The highest BCUT2D eigenvalue weighted by atomic mass is 16.4. The summed E-state index contributed by atoms with van der Waals surface area (Å²) in [5, 5.41) is 60.9. The number of hydrogen-bond donors (Lipinski definition) is 8. The molecule has 0 aliphatic heterocycles. The van der Waals surface area contributed by atoms with E-state index in [2.05, 4.69) is 10.6 Å². The molecule has 0 aromatic carbocycles. The molecule has 0 fully saturated rings. The van der Waals surface area contributed by atoms with Crippen LogP contribution >= 0.6 is 0 Å². The number of aliphatic hydroxyl groups excluding tert-OH is 5. The minimum atomic E-state index is -1.73. The van der Waals surface area contributed by atoms with Crippen molar-refractivity contribution in [3.63, 3.8) is 0 Å². The predicted molar refractivity (Wildman–Crippen MR) is 125 cm³/mol. The fourth-order valence-electron chi connectivity index (χ4n) is 3.38. The normalized spacial score (nSPS) is 15.5. The van der Waals surface area contributed by atoms with Crippen molar-refractivity contribution in [2.24, 2.45) is 0 Å². The summed E-state index contributed by atoms with van der Waals surface area (Å²) in [6.07, 6.45) is 1.63. The monoisotopic (exact) mass is 506 g/mol.